The summed E-state index contributed by atoms with van der Waals surface area (Å²) in [5.41, 5.74) is 9.42. The van der Waals surface area contributed by atoms with E-state index in [9.17, 15) is 14.9 Å². The van der Waals surface area contributed by atoms with Crippen molar-refractivity contribution in [2.75, 3.05) is 19.1 Å². The molecule has 1 aliphatic heterocycles. The fourth-order valence-corrected chi connectivity index (χ4v) is 4.79. The summed E-state index contributed by atoms with van der Waals surface area (Å²) in [7, 11) is 2.44. The number of hydrogen-bond donors (Lipinski definition) is 1. The van der Waals surface area contributed by atoms with Gasteiger partial charge in [-0.15, -0.1) is 0 Å². The molecule has 1 unspecified atom stereocenters. The third-order valence-electron chi connectivity index (χ3n) is 5.23. The van der Waals surface area contributed by atoms with E-state index in [4.69, 9.17) is 15.2 Å². The minimum atomic E-state index is -0.900. The maximum Gasteiger partial charge on any atom is 0.355 e. The van der Waals surface area contributed by atoms with Crippen LogP contribution in [0.3, 0.4) is 0 Å². The van der Waals surface area contributed by atoms with Gasteiger partial charge in [0.25, 0.3) is 0 Å². The van der Waals surface area contributed by atoms with E-state index in [-0.39, 0.29) is 22.7 Å². The Morgan fingerprint density at radius 3 is 2.25 bits per heavy atom. The molecule has 2 aromatic carbocycles. The first-order chi connectivity index (χ1) is 15.3. The molecule has 1 atom stereocenters. The molecule has 0 spiro atoms. The lowest BCUT2D eigenvalue weighted by molar-refractivity contribution is -0.139. The summed E-state index contributed by atoms with van der Waals surface area (Å²) < 4.78 is 10.7. The highest BCUT2D eigenvalue weighted by Crippen LogP contribution is 2.45. The molecule has 2 aromatic rings. The number of halogens is 1. The number of carbonyl (C=O) groups is 2. The van der Waals surface area contributed by atoms with Crippen LogP contribution in [0.5, 0.6) is 0 Å². The van der Waals surface area contributed by atoms with Gasteiger partial charge in [0.15, 0.2) is 0 Å². The summed E-state index contributed by atoms with van der Waals surface area (Å²) >= 11 is 3.54. The minimum Gasteiger partial charge on any atom is -0.466 e. The summed E-state index contributed by atoms with van der Waals surface area (Å²) in [5, 5.41) is 10.1. The van der Waals surface area contributed by atoms with Crippen molar-refractivity contribution < 1.29 is 19.1 Å². The molecule has 0 saturated heterocycles. The standard InChI is InChI=1S/C24H22BrN3O4/c1-13-10-14(2)20(17(25)11-13)28-21(24(30)32-4)19(23(29)31-3)18(16(12-26)22(28)27)15-8-6-5-7-9-15/h5-11,18H,27H2,1-4H3. The Labute approximate surface area is 194 Å². The second-order valence-electron chi connectivity index (χ2n) is 7.25. The summed E-state index contributed by atoms with van der Waals surface area (Å²) in [6.45, 7) is 3.78. The Morgan fingerprint density at radius 1 is 1.09 bits per heavy atom. The van der Waals surface area contributed by atoms with Crippen molar-refractivity contribution in [1.29, 1.82) is 5.26 Å². The van der Waals surface area contributed by atoms with E-state index in [0.717, 1.165) is 11.1 Å². The van der Waals surface area contributed by atoms with Crippen molar-refractivity contribution >= 4 is 33.6 Å². The second-order valence-corrected chi connectivity index (χ2v) is 8.10. The zero-order chi connectivity index (χ0) is 23.6. The zero-order valence-corrected chi connectivity index (χ0v) is 19.7. The number of esters is 2. The number of carbonyl (C=O) groups excluding carboxylic acids is 2. The second kappa shape index (κ2) is 9.28. The monoisotopic (exact) mass is 495 g/mol. The summed E-state index contributed by atoms with van der Waals surface area (Å²) in [6.07, 6.45) is 0. The number of anilines is 1. The van der Waals surface area contributed by atoms with E-state index in [0.29, 0.717) is 15.7 Å². The molecule has 0 bridgehead atoms. The van der Waals surface area contributed by atoms with Gasteiger partial charge in [0.1, 0.15) is 11.5 Å². The lowest BCUT2D eigenvalue weighted by Gasteiger charge is -2.37. The quantitative estimate of drug-likeness (QED) is 0.639. The maximum atomic E-state index is 13.1. The van der Waals surface area contributed by atoms with Crippen LogP contribution in [-0.4, -0.2) is 26.2 Å². The van der Waals surface area contributed by atoms with Crippen molar-refractivity contribution in [2.24, 2.45) is 5.73 Å². The van der Waals surface area contributed by atoms with Gasteiger partial charge < -0.3 is 15.2 Å². The van der Waals surface area contributed by atoms with Crippen LogP contribution in [0.2, 0.25) is 0 Å². The highest BCUT2D eigenvalue weighted by molar-refractivity contribution is 9.10. The Morgan fingerprint density at radius 2 is 1.72 bits per heavy atom. The average Bonchev–Trinajstić information content (AvgIpc) is 2.78. The largest absolute Gasteiger partial charge is 0.466 e. The number of methoxy groups -OCH3 is 2. The van der Waals surface area contributed by atoms with E-state index in [1.54, 1.807) is 24.3 Å². The van der Waals surface area contributed by atoms with E-state index in [2.05, 4.69) is 22.0 Å². The molecule has 1 aliphatic rings. The number of allylic oxidation sites excluding steroid dienone is 1. The molecule has 7 nitrogen and oxygen atoms in total. The van der Waals surface area contributed by atoms with Gasteiger partial charge in [-0.2, -0.15) is 5.26 Å². The lowest BCUT2D eigenvalue weighted by Crippen LogP contribution is -2.41. The van der Waals surface area contributed by atoms with Crippen molar-refractivity contribution in [3.05, 3.63) is 86.3 Å². The number of aryl methyl sites for hydroxylation is 2. The Kier molecular flexibility index (Phi) is 6.70. The van der Waals surface area contributed by atoms with Crippen molar-refractivity contribution in [3.63, 3.8) is 0 Å². The van der Waals surface area contributed by atoms with Crippen molar-refractivity contribution in [1.82, 2.24) is 0 Å². The number of hydrogen-bond acceptors (Lipinski definition) is 7. The van der Waals surface area contributed by atoms with Crippen molar-refractivity contribution in [3.8, 4) is 6.07 Å². The molecule has 3 rings (SSSR count). The fraction of sp³-hybridized carbons (Fsp3) is 0.208. The number of nitrogens with zero attached hydrogens (tertiary/aromatic N) is 2. The predicted molar refractivity (Wildman–Crippen MR) is 123 cm³/mol. The number of ether oxygens (including phenoxy) is 2. The van der Waals surface area contributed by atoms with Gasteiger partial charge in [0.2, 0.25) is 0 Å². The number of nitrogens with two attached hydrogens (primary N) is 1. The van der Waals surface area contributed by atoms with Crippen LogP contribution >= 0.6 is 15.9 Å². The van der Waals surface area contributed by atoms with Gasteiger partial charge in [0.05, 0.1) is 43.0 Å². The van der Waals surface area contributed by atoms with Crippen LogP contribution in [0, 0.1) is 25.2 Å². The fourth-order valence-electron chi connectivity index (χ4n) is 3.94. The molecule has 1 heterocycles. The smallest absolute Gasteiger partial charge is 0.355 e. The molecule has 0 aromatic heterocycles. The van der Waals surface area contributed by atoms with Gasteiger partial charge in [-0.25, -0.2) is 9.59 Å². The molecule has 0 saturated carbocycles. The first kappa shape index (κ1) is 23.1. The van der Waals surface area contributed by atoms with Crippen molar-refractivity contribution in [2.45, 2.75) is 19.8 Å². The molecule has 0 aliphatic carbocycles. The van der Waals surface area contributed by atoms with Crippen LogP contribution in [0.1, 0.15) is 22.6 Å². The minimum absolute atomic E-state index is 0.0248. The normalized spacial score (nSPS) is 16.0. The van der Waals surface area contributed by atoms with Crippen LogP contribution < -0.4 is 10.6 Å². The third kappa shape index (κ3) is 3.87. The highest BCUT2D eigenvalue weighted by atomic mass is 79.9. The maximum absolute atomic E-state index is 13.1. The lowest BCUT2D eigenvalue weighted by atomic mass is 9.80. The number of benzene rings is 2. The van der Waals surface area contributed by atoms with E-state index in [1.165, 1.54) is 19.1 Å². The predicted octanol–water partition coefficient (Wildman–Crippen LogP) is 3.96. The molecular weight excluding hydrogens is 474 g/mol. The number of rotatable bonds is 4. The first-order valence-electron chi connectivity index (χ1n) is 9.69. The summed E-state index contributed by atoms with van der Waals surface area (Å²) in [5.74, 6) is -2.41. The molecule has 0 amide bonds. The highest BCUT2D eigenvalue weighted by Gasteiger charge is 2.43. The first-order valence-corrected chi connectivity index (χ1v) is 10.5. The third-order valence-corrected chi connectivity index (χ3v) is 5.84. The average molecular weight is 496 g/mol. The molecule has 164 valence electrons. The van der Waals surface area contributed by atoms with Gasteiger partial charge in [-0.05, 0) is 52.5 Å². The SMILES string of the molecule is COC(=O)C1=C(C(=O)OC)N(c2c(C)cc(C)cc2Br)C(N)=C(C#N)C1c1ccccc1. The molecule has 32 heavy (non-hydrogen) atoms. The zero-order valence-electron chi connectivity index (χ0n) is 18.1. The topological polar surface area (TPSA) is 106 Å². The summed E-state index contributed by atoms with van der Waals surface area (Å²) in [4.78, 5) is 27.5. The van der Waals surface area contributed by atoms with Crippen LogP contribution in [0.4, 0.5) is 5.69 Å². The van der Waals surface area contributed by atoms with E-state index < -0.39 is 17.9 Å². The molecule has 0 fully saturated rings. The van der Waals surface area contributed by atoms with Gasteiger partial charge >= 0.3 is 11.9 Å². The van der Waals surface area contributed by atoms with E-state index >= 15 is 0 Å². The molecular formula is C24H22BrN3O4. The van der Waals surface area contributed by atoms with E-state index in [1.807, 2.05) is 32.0 Å². The number of nitriles is 1. The Hall–Kier alpha value is -3.57. The Bertz CT molecular complexity index is 1170. The molecule has 0 radical (unpaired) electrons. The Balaban J connectivity index is 2.48. The van der Waals surface area contributed by atoms with Gasteiger partial charge in [-0.3, -0.25) is 4.90 Å². The van der Waals surface area contributed by atoms with Crippen LogP contribution in [-0.2, 0) is 19.1 Å². The van der Waals surface area contributed by atoms with Crippen LogP contribution in [0.15, 0.2) is 69.6 Å². The summed E-state index contributed by atoms with van der Waals surface area (Å²) in [6, 6.07) is 14.8. The van der Waals surface area contributed by atoms with Gasteiger partial charge in [0, 0.05) is 4.47 Å². The molecule has 8 heteroatoms. The van der Waals surface area contributed by atoms with Crippen LogP contribution in [0.25, 0.3) is 0 Å². The van der Waals surface area contributed by atoms with Gasteiger partial charge in [-0.1, -0.05) is 36.4 Å². The molecule has 2 N–H and O–H groups in total.